The minimum atomic E-state index is 0. The SMILES string of the molecule is CCO.CCO.[CH3-].[CH3-].[Zr+2]. The van der Waals surface area contributed by atoms with Crippen molar-refractivity contribution in [2.24, 2.45) is 0 Å². The molecule has 2 N–H and O–H groups in total. The summed E-state index contributed by atoms with van der Waals surface area (Å²) in [7, 11) is 0. The van der Waals surface area contributed by atoms with Crippen LogP contribution in [0.2, 0.25) is 0 Å². The molecular weight excluding hydrogens is 195 g/mol. The largest absolute Gasteiger partial charge is 2.00 e. The zero-order valence-corrected chi connectivity index (χ0v) is 9.27. The van der Waals surface area contributed by atoms with Crippen molar-refractivity contribution in [3.63, 3.8) is 0 Å². The zero-order chi connectivity index (χ0) is 5.41. The van der Waals surface area contributed by atoms with Gasteiger partial charge >= 0.3 is 26.2 Å². The zero-order valence-electron chi connectivity index (χ0n) is 6.81. The summed E-state index contributed by atoms with van der Waals surface area (Å²) >= 11 is 0. The topological polar surface area (TPSA) is 40.5 Å². The van der Waals surface area contributed by atoms with E-state index in [9.17, 15) is 0 Å². The van der Waals surface area contributed by atoms with Crippen LogP contribution in [-0.2, 0) is 26.2 Å². The van der Waals surface area contributed by atoms with Gasteiger partial charge in [0.25, 0.3) is 0 Å². The van der Waals surface area contributed by atoms with Gasteiger partial charge in [-0.1, -0.05) is 0 Å². The fraction of sp³-hybridized carbons (Fsp3) is 0.667. The second-order valence-corrected chi connectivity index (χ2v) is 0.632. The maximum absolute atomic E-state index is 7.57. The molecule has 0 spiro atoms. The average Bonchev–Trinajstić information content (AvgIpc) is 1.39. The standard InChI is InChI=1S/2C2H6O.2CH3.Zr/c2*1-2-3;;;/h2*3H,2H2,1H3;2*1H3;/q;;2*-1;+2. The normalized spacial score (nSPS) is 4.00. The minimum absolute atomic E-state index is 0. The van der Waals surface area contributed by atoms with Gasteiger partial charge in [-0.3, -0.25) is 0 Å². The smallest absolute Gasteiger partial charge is 0.397 e. The summed E-state index contributed by atoms with van der Waals surface area (Å²) in [6.07, 6.45) is 0. The van der Waals surface area contributed by atoms with Gasteiger partial charge in [-0.05, 0) is 13.8 Å². The molecule has 0 amide bonds. The van der Waals surface area contributed by atoms with E-state index in [0.717, 1.165) is 0 Å². The van der Waals surface area contributed by atoms with Crippen LogP contribution < -0.4 is 0 Å². The molecule has 58 valence electrons. The fourth-order valence-corrected chi connectivity index (χ4v) is 0. The molecular formula is C6H18O2Zr. The van der Waals surface area contributed by atoms with Gasteiger partial charge in [-0.2, -0.15) is 0 Å². The van der Waals surface area contributed by atoms with Gasteiger partial charge in [0.05, 0.1) is 0 Å². The van der Waals surface area contributed by atoms with Crippen molar-refractivity contribution < 1.29 is 36.4 Å². The van der Waals surface area contributed by atoms with Gasteiger partial charge in [0.15, 0.2) is 0 Å². The van der Waals surface area contributed by atoms with Crippen molar-refractivity contribution in [3.05, 3.63) is 14.9 Å². The average molecular weight is 213 g/mol. The molecule has 0 aliphatic rings. The molecule has 0 aromatic carbocycles. The number of hydrogen-bond acceptors (Lipinski definition) is 2. The van der Waals surface area contributed by atoms with Crippen molar-refractivity contribution in [2.45, 2.75) is 13.8 Å². The maximum atomic E-state index is 7.57. The first-order valence-corrected chi connectivity index (χ1v) is 2.05. The number of aliphatic hydroxyl groups is 2. The van der Waals surface area contributed by atoms with E-state index < -0.39 is 0 Å². The molecule has 0 aliphatic heterocycles. The Balaban J connectivity index is -0.00000000889. The Morgan fingerprint density at radius 2 is 0.889 bits per heavy atom. The summed E-state index contributed by atoms with van der Waals surface area (Å²) in [5, 5.41) is 15.1. The second-order valence-electron chi connectivity index (χ2n) is 0.632. The Hall–Kier alpha value is 0.803. The summed E-state index contributed by atoms with van der Waals surface area (Å²) in [5.74, 6) is 0. The van der Waals surface area contributed by atoms with E-state index in [0.29, 0.717) is 0 Å². The van der Waals surface area contributed by atoms with Gasteiger partial charge in [-0.25, -0.2) is 0 Å². The van der Waals surface area contributed by atoms with Crippen molar-refractivity contribution in [1.82, 2.24) is 0 Å². The van der Waals surface area contributed by atoms with Crippen LogP contribution in [0.1, 0.15) is 13.8 Å². The molecule has 0 radical (unpaired) electrons. The van der Waals surface area contributed by atoms with Gasteiger partial charge in [0.2, 0.25) is 0 Å². The third-order valence-corrected chi connectivity index (χ3v) is 0. The molecule has 0 aromatic heterocycles. The van der Waals surface area contributed by atoms with Gasteiger partial charge in [0.1, 0.15) is 0 Å². The molecule has 0 rings (SSSR count). The Morgan fingerprint density at radius 3 is 0.889 bits per heavy atom. The molecule has 0 saturated heterocycles. The molecule has 0 saturated carbocycles. The van der Waals surface area contributed by atoms with E-state index >= 15 is 0 Å². The first-order chi connectivity index (χ1) is 2.83. The van der Waals surface area contributed by atoms with E-state index in [4.69, 9.17) is 10.2 Å². The van der Waals surface area contributed by atoms with Gasteiger partial charge in [0, 0.05) is 13.2 Å². The molecule has 0 aromatic rings. The first-order valence-electron chi connectivity index (χ1n) is 2.05. The van der Waals surface area contributed by atoms with E-state index in [-0.39, 0.29) is 54.3 Å². The summed E-state index contributed by atoms with van der Waals surface area (Å²) in [6, 6.07) is 0. The van der Waals surface area contributed by atoms with Crippen LogP contribution in [0.25, 0.3) is 0 Å². The predicted molar refractivity (Wildman–Crippen MR) is 38.3 cm³/mol. The minimum Gasteiger partial charge on any atom is -0.397 e. The quantitative estimate of drug-likeness (QED) is 0.587. The molecule has 0 bridgehead atoms. The van der Waals surface area contributed by atoms with Gasteiger partial charge < -0.3 is 25.1 Å². The number of aliphatic hydroxyl groups excluding tert-OH is 2. The van der Waals surface area contributed by atoms with Crippen molar-refractivity contribution in [1.29, 1.82) is 0 Å². The monoisotopic (exact) mass is 212 g/mol. The van der Waals surface area contributed by atoms with Crippen LogP contribution in [-0.4, -0.2) is 23.4 Å². The first kappa shape index (κ1) is 32.9. The van der Waals surface area contributed by atoms with Crippen molar-refractivity contribution >= 4 is 0 Å². The van der Waals surface area contributed by atoms with Crippen LogP contribution in [0.4, 0.5) is 0 Å². The van der Waals surface area contributed by atoms with Crippen LogP contribution in [0, 0.1) is 14.9 Å². The Morgan fingerprint density at radius 1 is 0.889 bits per heavy atom. The molecule has 0 unspecified atom stereocenters. The fourth-order valence-electron chi connectivity index (χ4n) is 0. The van der Waals surface area contributed by atoms with Crippen LogP contribution in [0.5, 0.6) is 0 Å². The number of hydrogen-bond donors (Lipinski definition) is 2. The second kappa shape index (κ2) is 68.2. The Labute approximate surface area is 78.4 Å². The molecule has 0 fully saturated rings. The third kappa shape index (κ3) is 632. The number of rotatable bonds is 0. The van der Waals surface area contributed by atoms with Crippen LogP contribution in [0.15, 0.2) is 0 Å². The predicted octanol–water partition coefficient (Wildman–Crippen LogP) is 0.895. The Bertz CT molecular complexity index is 13.0. The summed E-state index contributed by atoms with van der Waals surface area (Å²) < 4.78 is 0. The molecule has 0 atom stereocenters. The molecule has 9 heavy (non-hydrogen) atoms. The van der Waals surface area contributed by atoms with Crippen LogP contribution in [0.3, 0.4) is 0 Å². The van der Waals surface area contributed by atoms with E-state index in [2.05, 4.69) is 0 Å². The van der Waals surface area contributed by atoms with E-state index in [1.807, 2.05) is 0 Å². The van der Waals surface area contributed by atoms with E-state index in [1.165, 1.54) is 0 Å². The molecule has 0 aliphatic carbocycles. The molecule has 2 nitrogen and oxygen atoms in total. The van der Waals surface area contributed by atoms with Crippen molar-refractivity contribution in [3.8, 4) is 0 Å². The Kier molecular flexibility index (Phi) is 250. The summed E-state index contributed by atoms with van der Waals surface area (Å²) in [6.45, 7) is 3.86. The van der Waals surface area contributed by atoms with Gasteiger partial charge in [-0.15, -0.1) is 0 Å². The summed E-state index contributed by atoms with van der Waals surface area (Å²) in [4.78, 5) is 0. The maximum Gasteiger partial charge on any atom is 2.00 e. The summed E-state index contributed by atoms with van der Waals surface area (Å²) in [5.41, 5.74) is 0. The van der Waals surface area contributed by atoms with E-state index in [1.54, 1.807) is 13.8 Å². The third-order valence-electron chi connectivity index (χ3n) is 0. The van der Waals surface area contributed by atoms with Crippen molar-refractivity contribution in [2.75, 3.05) is 13.2 Å². The van der Waals surface area contributed by atoms with Crippen LogP contribution >= 0.6 is 0 Å². The molecule has 3 heteroatoms. The molecule has 0 heterocycles.